The third kappa shape index (κ3) is 3.20. The molecule has 17 heavy (non-hydrogen) atoms. The summed E-state index contributed by atoms with van der Waals surface area (Å²) in [5.74, 6) is 0. The van der Waals surface area contributed by atoms with E-state index in [1.807, 2.05) is 0 Å². The highest BCUT2D eigenvalue weighted by Gasteiger charge is 2.27. The fourth-order valence-electron chi connectivity index (χ4n) is 1.42. The van der Waals surface area contributed by atoms with Gasteiger partial charge < -0.3 is 5.11 Å². The number of aliphatic hydroxyl groups excluding tert-OH is 1. The van der Waals surface area contributed by atoms with Gasteiger partial charge in [-0.15, -0.1) is 0 Å². The van der Waals surface area contributed by atoms with Gasteiger partial charge in [-0.1, -0.05) is 24.6 Å². The van der Waals surface area contributed by atoms with Crippen molar-refractivity contribution >= 4 is 37.6 Å². The molecule has 96 valence electrons. The Morgan fingerprint density at radius 1 is 1.47 bits per heavy atom. The van der Waals surface area contributed by atoms with Crippen molar-refractivity contribution < 1.29 is 13.5 Å². The number of rotatable bonds is 5. The minimum atomic E-state index is -3.68. The highest BCUT2D eigenvalue weighted by Crippen LogP contribution is 2.31. The Balaban J connectivity index is 3.30. The molecule has 4 nitrogen and oxygen atoms in total. The molecule has 1 N–H and O–H groups in total. The summed E-state index contributed by atoms with van der Waals surface area (Å²) in [6.45, 7) is 1.81. The maximum atomic E-state index is 12.3. The number of aliphatic hydroxyl groups is 1. The molecule has 1 rings (SSSR count). The quantitative estimate of drug-likeness (QED) is 0.891. The topological polar surface area (TPSA) is 57.6 Å². The Bertz CT molecular complexity index is 472. The van der Waals surface area contributed by atoms with Crippen LogP contribution in [0.15, 0.2) is 27.6 Å². The van der Waals surface area contributed by atoms with E-state index in [0.29, 0.717) is 4.47 Å². The molecule has 1 aromatic carbocycles. The molecule has 0 atom stereocenters. The molecule has 0 saturated carbocycles. The lowest BCUT2D eigenvalue weighted by molar-refractivity contribution is 0.257. The average Bonchev–Trinajstić information content (AvgIpc) is 2.24. The first-order valence-electron chi connectivity index (χ1n) is 5.00. The van der Waals surface area contributed by atoms with Gasteiger partial charge in [-0.2, -0.15) is 4.31 Å². The van der Waals surface area contributed by atoms with Crippen LogP contribution < -0.4 is 0 Å². The number of halogens is 2. The van der Waals surface area contributed by atoms with Gasteiger partial charge in [0.25, 0.3) is 0 Å². The SMILES string of the molecule is CCN(CCO)S(=O)(=O)c1c(Cl)cccc1Br. The molecule has 0 amide bonds. The van der Waals surface area contributed by atoms with Crippen LogP contribution in [0.3, 0.4) is 0 Å². The van der Waals surface area contributed by atoms with Crippen LogP contribution >= 0.6 is 27.5 Å². The van der Waals surface area contributed by atoms with Gasteiger partial charge in [-0.3, -0.25) is 0 Å². The summed E-state index contributed by atoms with van der Waals surface area (Å²) in [5.41, 5.74) is 0. The number of hydrogen-bond donors (Lipinski definition) is 1. The van der Waals surface area contributed by atoms with Crippen LogP contribution in [-0.2, 0) is 10.0 Å². The van der Waals surface area contributed by atoms with Gasteiger partial charge in [-0.05, 0) is 28.1 Å². The number of benzene rings is 1. The van der Waals surface area contributed by atoms with Crippen molar-refractivity contribution in [3.63, 3.8) is 0 Å². The van der Waals surface area contributed by atoms with Crippen LogP contribution in [0.1, 0.15) is 6.92 Å². The Morgan fingerprint density at radius 3 is 2.59 bits per heavy atom. The summed E-state index contributed by atoms with van der Waals surface area (Å²) in [6, 6.07) is 4.80. The van der Waals surface area contributed by atoms with Gasteiger partial charge in [-0.25, -0.2) is 8.42 Å². The first-order valence-corrected chi connectivity index (χ1v) is 7.61. The zero-order valence-corrected chi connectivity index (χ0v) is 12.4. The van der Waals surface area contributed by atoms with Crippen molar-refractivity contribution in [2.45, 2.75) is 11.8 Å². The van der Waals surface area contributed by atoms with Gasteiger partial charge in [0, 0.05) is 17.6 Å². The van der Waals surface area contributed by atoms with E-state index < -0.39 is 10.0 Å². The maximum Gasteiger partial charge on any atom is 0.245 e. The second-order valence-corrected chi connectivity index (χ2v) is 6.41. The summed E-state index contributed by atoms with van der Waals surface area (Å²) >= 11 is 9.10. The van der Waals surface area contributed by atoms with Gasteiger partial charge in [0.15, 0.2) is 0 Å². The predicted octanol–water partition coefficient (Wildman–Crippen LogP) is 2.11. The summed E-state index contributed by atoms with van der Waals surface area (Å²) in [4.78, 5) is 0.0389. The lowest BCUT2D eigenvalue weighted by Crippen LogP contribution is -2.33. The van der Waals surface area contributed by atoms with Gasteiger partial charge in [0.1, 0.15) is 4.90 Å². The Hall–Kier alpha value is -0.140. The van der Waals surface area contributed by atoms with Crippen LogP contribution in [0.25, 0.3) is 0 Å². The fraction of sp³-hybridized carbons (Fsp3) is 0.400. The Kier molecular flexibility index (Phi) is 5.40. The highest BCUT2D eigenvalue weighted by molar-refractivity contribution is 9.10. The smallest absolute Gasteiger partial charge is 0.245 e. The molecule has 0 aliphatic heterocycles. The van der Waals surface area contributed by atoms with Crippen molar-refractivity contribution in [2.24, 2.45) is 0 Å². The van der Waals surface area contributed by atoms with Crippen molar-refractivity contribution in [1.29, 1.82) is 0 Å². The second kappa shape index (κ2) is 6.15. The number of sulfonamides is 1. The largest absolute Gasteiger partial charge is 0.395 e. The molecule has 0 unspecified atom stereocenters. The van der Waals surface area contributed by atoms with Crippen LogP contribution in [0.5, 0.6) is 0 Å². The third-order valence-corrected chi connectivity index (χ3v) is 5.65. The molecule has 0 saturated heterocycles. The van der Waals surface area contributed by atoms with E-state index in [2.05, 4.69) is 15.9 Å². The first kappa shape index (κ1) is 14.9. The minimum Gasteiger partial charge on any atom is -0.395 e. The standard InChI is InChI=1S/C10H13BrClNO3S/c1-2-13(6-7-14)17(15,16)10-8(11)4-3-5-9(10)12/h3-5,14H,2,6-7H2,1H3. The summed E-state index contributed by atoms with van der Waals surface area (Å²) in [5, 5.41) is 9.03. The van der Waals surface area contributed by atoms with E-state index in [-0.39, 0.29) is 29.6 Å². The molecule has 0 spiro atoms. The Labute approximate surface area is 114 Å². The van der Waals surface area contributed by atoms with Crippen LogP contribution in [0.4, 0.5) is 0 Å². The monoisotopic (exact) mass is 341 g/mol. The molecule has 0 radical (unpaired) electrons. The van der Waals surface area contributed by atoms with Crippen molar-refractivity contribution in [3.8, 4) is 0 Å². The number of nitrogens with zero attached hydrogens (tertiary/aromatic N) is 1. The Morgan fingerprint density at radius 2 is 2.12 bits per heavy atom. The molecule has 0 aliphatic rings. The van der Waals surface area contributed by atoms with Crippen LogP contribution in [0.2, 0.25) is 5.02 Å². The van der Waals surface area contributed by atoms with E-state index >= 15 is 0 Å². The molecule has 0 bridgehead atoms. The average molecular weight is 343 g/mol. The highest BCUT2D eigenvalue weighted by atomic mass is 79.9. The van der Waals surface area contributed by atoms with Gasteiger partial charge >= 0.3 is 0 Å². The molecule has 1 aromatic rings. The van der Waals surface area contributed by atoms with E-state index in [1.54, 1.807) is 19.1 Å². The summed E-state index contributed by atoms with van der Waals surface area (Å²) < 4.78 is 26.2. The summed E-state index contributed by atoms with van der Waals surface area (Å²) in [7, 11) is -3.68. The number of hydrogen-bond acceptors (Lipinski definition) is 3. The van der Waals surface area contributed by atoms with Crippen LogP contribution in [0, 0.1) is 0 Å². The molecular formula is C10H13BrClNO3S. The van der Waals surface area contributed by atoms with E-state index in [9.17, 15) is 8.42 Å². The molecule has 7 heteroatoms. The normalized spacial score (nSPS) is 12.1. The zero-order chi connectivity index (χ0) is 13.1. The predicted molar refractivity (Wildman–Crippen MR) is 70.7 cm³/mol. The van der Waals surface area contributed by atoms with E-state index in [1.165, 1.54) is 10.4 Å². The lowest BCUT2D eigenvalue weighted by Gasteiger charge is -2.20. The van der Waals surface area contributed by atoms with Crippen LogP contribution in [-0.4, -0.2) is 37.5 Å². The summed E-state index contributed by atoms with van der Waals surface area (Å²) in [6.07, 6.45) is 0. The van der Waals surface area contributed by atoms with Gasteiger partial charge in [0.05, 0.1) is 11.6 Å². The fourth-order valence-corrected chi connectivity index (χ4v) is 4.53. The zero-order valence-electron chi connectivity index (χ0n) is 9.23. The van der Waals surface area contributed by atoms with E-state index in [0.717, 1.165) is 0 Å². The third-order valence-electron chi connectivity index (χ3n) is 2.22. The molecule has 0 fully saturated rings. The maximum absolute atomic E-state index is 12.3. The molecule has 0 aromatic heterocycles. The van der Waals surface area contributed by atoms with Crippen molar-refractivity contribution in [2.75, 3.05) is 19.7 Å². The number of likely N-dealkylation sites (N-methyl/N-ethyl adjacent to an activating group) is 1. The van der Waals surface area contributed by atoms with E-state index in [4.69, 9.17) is 16.7 Å². The first-order chi connectivity index (χ1) is 7.95. The van der Waals surface area contributed by atoms with Crippen molar-refractivity contribution in [3.05, 3.63) is 27.7 Å². The molecular weight excluding hydrogens is 330 g/mol. The molecule has 0 heterocycles. The molecule has 0 aliphatic carbocycles. The second-order valence-electron chi connectivity index (χ2n) is 3.27. The van der Waals surface area contributed by atoms with Gasteiger partial charge in [0.2, 0.25) is 10.0 Å². The lowest BCUT2D eigenvalue weighted by atomic mass is 10.4. The minimum absolute atomic E-state index is 0.0389. The van der Waals surface area contributed by atoms with Crippen molar-refractivity contribution in [1.82, 2.24) is 4.31 Å².